The van der Waals surface area contributed by atoms with E-state index in [0.717, 1.165) is 25.2 Å². The third-order valence-corrected chi connectivity index (χ3v) is 3.50. The van der Waals surface area contributed by atoms with E-state index in [-0.39, 0.29) is 12.1 Å². The highest BCUT2D eigenvalue weighted by Gasteiger charge is 2.36. The van der Waals surface area contributed by atoms with E-state index in [1.54, 1.807) is 0 Å². The van der Waals surface area contributed by atoms with Gasteiger partial charge >= 0.3 is 6.09 Å². The Morgan fingerprint density at radius 1 is 1.35 bits per heavy atom. The third-order valence-electron chi connectivity index (χ3n) is 3.50. The molecule has 0 unspecified atom stereocenters. The number of benzene rings is 1. The second-order valence-electron chi connectivity index (χ2n) is 4.76. The van der Waals surface area contributed by atoms with Crippen molar-refractivity contribution in [1.82, 2.24) is 4.90 Å². The number of carbonyl (C=O) groups is 1. The van der Waals surface area contributed by atoms with Crippen LogP contribution in [0.5, 0.6) is 0 Å². The molecule has 0 aliphatic carbocycles. The van der Waals surface area contributed by atoms with Gasteiger partial charge in [-0.1, -0.05) is 18.2 Å². The van der Waals surface area contributed by atoms with Crippen LogP contribution in [0.2, 0.25) is 0 Å². The summed E-state index contributed by atoms with van der Waals surface area (Å²) in [6.07, 6.45) is 0.767. The van der Waals surface area contributed by atoms with Crippen molar-refractivity contribution in [2.75, 3.05) is 25.1 Å². The second-order valence-corrected chi connectivity index (χ2v) is 4.76. The number of carbonyl (C=O) groups excluding carboxylic acids is 1. The first-order valence-corrected chi connectivity index (χ1v) is 5.98. The predicted molar refractivity (Wildman–Crippen MR) is 65.0 cm³/mol. The quantitative estimate of drug-likeness (QED) is 0.684. The molecule has 2 aliphatic rings. The van der Waals surface area contributed by atoms with Crippen molar-refractivity contribution < 1.29 is 9.53 Å². The Morgan fingerprint density at radius 2 is 2.18 bits per heavy atom. The number of hydrogen-bond donors (Lipinski definition) is 0. The zero-order valence-corrected chi connectivity index (χ0v) is 9.93. The number of fused-ring (bicyclic) bond motifs is 3. The minimum Gasteiger partial charge on any atom is -0.447 e. The Bertz CT molecular complexity index is 447. The molecule has 4 heteroatoms. The molecule has 2 aliphatic heterocycles. The minimum absolute atomic E-state index is 0.186. The summed E-state index contributed by atoms with van der Waals surface area (Å²) < 4.78 is 5.17. The molecule has 0 saturated carbocycles. The smallest absolute Gasteiger partial charge is 0.414 e. The molecule has 1 aromatic carbocycles. The fourth-order valence-corrected chi connectivity index (χ4v) is 2.59. The van der Waals surface area contributed by atoms with Gasteiger partial charge in [0.15, 0.2) is 0 Å². The molecule has 3 rings (SSSR count). The lowest BCUT2D eigenvalue weighted by molar-refractivity contribution is 0.178. The minimum atomic E-state index is -0.202. The third kappa shape index (κ3) is 1.78. The van der Waals surface area contributed by atoms with E-state index in [9.17, 15) is 4.79 Å². The number of cyclic esters (lactones) is 1. The van der Waals surface area contributed by atoms with Crippen molar-refractivity contribution in [2.45, 2.75) is 19.0 Å². The van der Waals surface area contributed by atoms with Gasteiger partial charge in [0.05, 0.1) is 11.7 Å². The molecule has 2 heterocycles. The normalized spacial score (nSPS) is 24.6. The predicted octanol–water partition coefficient (Wildman–Crippen LogP) is 1.85. The first kappa shape index (κ1) is 10.6. The van der Waals surface area contributed by atoms with Gasteiger partial charge < -0.3 is 9.64 Å². The summed E-state index contributed by atoms with van der Waals surface area (Å²) in [5, 5.41) is 0. The Morgan fingerprint density at radius 3 is 3.06 bits per heavy atom. The topological polar surface area (TPSA) is 32.8 Å². The molecule has 1 atom stereocenters. The van der Waals surface area contributed by atoms with Gasteiger partial charge in [-0.15, -0.1) is 0 Å². The van der Waals surface area contributed by atoms with Gasteiger partial charge in [-0.05, 0) is 25.1 Å². The number of nitrogens with zero attached hydrogens (tertiary/aromatic N) is 2. The lowest BCUT2D eigenvalue weighted by Gasteiger charge is -2.30. The maximum Gasteiger partial charge on any atom is 0.414 e. The van der Waals surface area contributed by atoms with Gasteiger partial charge in [0.1, 0.15) is 6.61 Å². The molecule has 1 amide bonds. The highest BCUT2D eigenvalue weighted by atomic mass is 16.6. The van der Waals surface area contributed by atoms with E-state index in [4.69, 9.17) is 4.74 Å². The van der Waals surface area contributed by atoms with Crippen LogP contribution in [-0.4, -0.2) is 37.2 Å². The summed E-state index contributed by atoms with van der Waals surface area (Å²) in [6.45, 7) is 2.39. The zero-order chi connectivity index (χ0) is 11.8. The number of amides is 1. The van der Waals surface area contributed by atoms with Crippen molar-refractivity contribution in [3.63, 3.8) is 0 Å². The summed E-state index contributed by atoms with van der Waals surface area (Å²) in [6, 6.07) is 8.27. The van der Waals surface area contributed by atoms with Crippen LogP contribution < -0.4 is 4.90 Å². The zero-order valence-electron chi connectivity index (χ0n) is 9.93. The molecule has 1 aromatic rings. The summed E-state index contributed by atoms with van der Waals surface area (Å²) in [5.41, 5.74) is 2.20. The van der Waals surface area contributed by atoms with Gasteiger partial charge in [0.25, 0.3) is 0 Å². The van der Waals surface area contributed by atoms with E-state index < -0.39 is 0 Å². The average molecular weight is 232 g/mol. The molecule has 0 N–H and O–H groups in total. The molecule has 17 heavy (non-hydrogen) atoms. The van der Waals surface area contributed by atoms with Crippen molar-refractivity contribution in [3.8, 4) is 0 Å². The van der Waals surface area contributed by atoms with Crippen LogP contribution in [0.15, 0.2) is 24.3 Å². The fraction of sp³-hybridized carbons (Fsp3) is 0.462. The largest absolute Gasteiger partial charge is 0.447 e. The van der Waals surface area contributed by atoms with Crippen molar-refractivity contribution in [3.05, 3.63) is 29.8 Å². The lowest BCUT2D eigenvalue weighted by Crippen LogP contribution is -2.39. The van der Waals surface area contributed by atoms with Crippen molar-refractivity contribution >= 4 is 11.8 Å². The van der Waals surface area contributed by atoms with Gasteiger partial charge in [0, 0.05) is 13.1 Å². The highest BCUT2D eigenvalue weighted by Crippen LogP contribution is 2.30. The highest BCUT2D eigenvalue weighted by molar-refractivity contribution is 5.91. The van der Waals surface area contributed by atoms with Gasteiger partial charge in [-0.2, -0.15) is 0 Å². The van der Waals surface area contributed by atoms with E-state index in [2.05, 4.69) is 18.0 Å². The first-order chi connectivity index (χ1) is 8.25. The molecule has 0 bridgehead atoms. The van der Waals surface area contributed by atoms with Crippen LogP contribution in [-0.2, 0) is 11.3 Å². The van der Waals surface area contributed by atoms with Gasteiger partial charge in [0.2, 0.25) is 0 Å². The molecule has 0 spiro atoms. The maximum absolute atomic E-state index is 11.8. The maximum atomic E-state index is 11.8. The van der Waals surface area contributed by atoms with E-state index in [1.165, 1.54) is 5.56 Å². The molecule has 90 valence electrons. The van der Waals surface area contributed by atoms with Crippen molar-refractivity contribution in [1.29, 1.82) is 0 Å². The van der Waals surface area contributed by atoms with Crippen LogP contribution in [0.4, 0.5) is 10.5 Å². The Labute approximate surface area is 101 Å². The van der Waals surface area contributed by atoms with Gasteiger partial charge in [-0.25, -0.2) is 4.79 Å². The van der Waals surface area contributed by atoms with Crippen LogP contribution in [0, 0.1) is 0 Å². The molecule has 0 aromatic heterocycles. The molecule has 1 fully saturated rings. The van der Waals surface area contributed by atoms with E-state index >= 15 is 0 Å². The molecular formula is C13H16N2O2. The Balaban J connectivity index is 2.06. The first-order valence-electron chi connectivity index (χ1n) is 5.98. The summed E-state index contributed by atoms with van der Waals surface area (Å²) in [7, 11) is 2.12. The molecule has 4 nitrogen and oxygen atoms in total. The molecule has 1 saturated heterocycles. The SMILES string of the molecule is CN1CC[C@H]2COC(=O)N2c2ccccc2C1. The number of hydrogen-bond acceptors (Lipinski definition) is 3. The second kappa shape index (κ2) is 4.04. The van der Waals surface area contributed by atoms with Crippen LogP contribution in [0.3, 0.4) is 0 Å². The van der Waals surface area contributed by atoms with Gasteiger partial charge in [-0.3, -0.25) is 4.90 Å². The van der Waals surface area contributed by atoms with E-state index in [0.29, 0.717) is 6.61 Å². The van der Waals surface area contributed by atoms with Crippen LogP contribution >= 0.6 is 0 Å². The number of anilines is 1. The van der Waals surface area contributed by atoms with Crippen LogP contribution in [0.25, 0.3) is 0 Å². The lowest BCUT2D eigenvalue weighted by atomic mass is 10.1. The summed E-state index contributed by atoms with van der Waals surface area (Å²) in [4.78, 5) is 15.9. The average Bonchev–Trinajstić information content (AvgIpc) is 2.66. The molecule has 0 radical (unpaired) electrons. The number of ether oxygens (including phenoxy) is 1. The number of rotatable bonds is 0. The Hall–Kier alpha value is -1.55. The standard InChI is InChI=1S/C13H16N2O2/c1-14-7-6-11-9-17-13(16)15(11)12-5-3-2-4-10(12)8-14/h2-5,11H,6-9H2,1H3/t11-/m0/s1. The monoisotopic (exact) mass is 232 g/mol. The molecular weight excluding hydrogens is 216 g/mol. The fourth-order valence-electron chi connectivity index (χ4n) is 2.59. The van der Waals surface area contributed by atoms with E-state index in [1.807, 2.05) is 23.1 Å². The number of para-hydroxylation sites is 1. The summed E-state index contributed by atoms with van der Waals surface area (Å²) >= 11 is 0. The van der Waals surface area contributed by atoms with Crippen LogP contribution in [0.1, 0.15) is 12.0 Å². The van der Waals surface area contributed by atoms with Crippen molar-refractivity contribution in [2.24, 2.45) is 0 Å². The Kier molecular flexibility index (Phi) is 2.52. The summed E-state index contributed by atoms with van der Waals surface area (Å²) in [5.74, 6) is 0.